The third-order valence-corrected chi connectivity index (χ3v) is 1.95. The highest BCUT2D eigenvalue weighted by molar-refractivity contribution is 5.05. The van der Waals surface area contributed by atoms with Crippen molar-refractivity contribution in [2.24, 2.45) is 0 Å². The number of halogens is 3. The van der Waals surface area contributed by atoms with E-state index in [1.165, 1.54) is 0 Å². The number of alkyl halides is 3. The largest absolute Gasteiger partial charge is 0.433 e. The van der Waals surface area contributed by atoms with E-state index in [1.54, 1.807) is 14.0 Å². The van der Waals surface area contributed by atoms with Crippen LogP contribution in [0.2, 0.25) is 0 Å². The summed E-state index contributed by atoms with van der Waals surface area (Å²) in [5, 5.41) is 6.48. The molecular weight excluding hydrogens is 195 g/mol. The van der Waals surface area contributed by atoms with Crippen LogP contribution in [0.1, 0.15) is 12.6 Å². The van der Waals surface area contributed by atoms with E-state index >= 15 is 0 Å². The first-order valence-electron chi connectivity index (χ1n) is 4.21. The molecule has 0 aliphatic carbocycles. The highest BCUT2D eigenvalue weighted by Crippen LogP contribution is 2.28. The molecule has 0 saturated carbocycles. The Morgan fingerprint density at radius 1 is 1.57 bits per heavy atom. The lowest BCUT2D eigenvalue weighted by atomic mass is 10.3. The molecule has 0 fully saturated rings. The van der Waals surface area contributed by atoms with E-state index in [-0.39, 0.29) is 12.6 Å². The van der Waals surface area contributed by atoms with E-state index in [9.17, 15) is 13.2 Å². The number of nitrogens with one attached hydrogen (secondary N) is 1. The lowest BCUT2D eigenvalue weighted by molar-refractivity contribution is -0.144. The number of hydrogen-bond acceptors (Lipinski definition) is 2. The molecule has 3 nitrogen and oxygen atoms in total. The zero-order chi connectivity index (χ0) is 10.8. The molecule has 80 valence electrons. The fourth-order valence-corrected chi connectivity index (χ4v) is 1.07. The number of aromatic nitrogens is 2. The Morgan fingerprint density at radius 3 is 2.71 bits per heavy atom. The third kappa shape index (κ3) is 2.47. The van der Waals surface area contributed by atoms with Crippen LogP contribution < -0.4 is 5.32 Å². The zero-order valence-electron chi connectivity index (χ0n) is 7.97. The minimum atomic E-state index is -4.33. The van der Waals surface area contributed by atoms with Crippen LogP contribution in [0.3, 0.4) is 0 Å². The number of nitrogens with zero attached hydrogens (tertiary/aromatic N) is 2. The molecule has 1 rings (SSSR count). The quantitative estimate of drug-likeness (QED) is 0.814. The Hall–Kier alpha value is -1.04. The lowest BCUT2D eigenvalue weighted by Crippen LogP contribution is -2.29. The van der Waals surface area contributed by atoms with Crippen LogP contribution in [0.15, 0.2) is 12.3 Å². The summed E-state index contributed by atoms with van der Waals surface area (Å²) in [6, 6.07) is 0.929. The van der Waals surface area contributed by atoms with E-state index in [4.69, 9.17) is 0 Å². The summed E-state index contributed by atoms with van der Waals surface area (Å²) in [7, 11) is 1.70. The molecule has 0 amide bonds. The highest BCUT2D eigenvalue weighted by atomic mass is 19.4. The lowest BCUT2D eigenvalue weighted by Gasteiger charge is -2.14. The molecule has 1 N–H and O–H groups in total. The van der Waals surface area contributed by atoms with Crippen LogP contribution in [-0.4, -0.2) is 22.9 Å². The van der Waals surface area contributed by atoms with Crippen molar-refractivity contribution in [2.75, 3.05) is 7.05 Å². The molecule has 1 aromatic rings. The van der Waals surface area contributed by atoms with Gasteiger partial charge in [-0.1, -0.05) is 0 Å². The highest BCUT2D eigenvalue weighted by Gasteiger charge is 2.34. The summed E-state index contributed by atoms with van der Waals surface area (Å²) in [6.45, 7) is 2.00. The van der Waals surface area contributed by atoms with Gasteiger partial charge in [0.15, 0.2) is 0 Å². The van der Waals surface area contributed by atoms with Crippen molar-refractivity contribution in [1.29, 1.82) is 0 Å². The van der Waals surface area contributed by atoms with Gasteiger partial charge in [0.25, 0.3) is 0 Å². The summed E-state index contributed by atoms with van der Waals surface area (Å²) in [4.78, 5) is 0. The number of likely N-dealkylation sites (N-methyl/N-ethyl adjacent to an activating group) is 1. The molecular formula is C8H12F3N3. The summed E-state index contributed by atoms with van der Waals surface area (Å²) < 4.78 is 38.0. The Labute approximate surface area is 79.9 Å². The molecule has 0 aliphatic heterocycles. The Bertz CT molecular complexity index is 292. The molecule has 0 spiro atoms. The Kier molecular flexibility index (Phi) is 3.15. The zero-order valence-corrected chi connectivity index (χ0v) is 7.97. The summed E-state index contributed by atoms with van der Waals surface area (Å²) in [5.74, 6) is 0. The monoisotopic (exact) mass is 207 g/mol. The molecule has 1 heterocycles. The molecule has 6 heteroatoms. The van der Waals surface area contributed by atoms with Gasteiger partial charge in [-0.3, -0.25) is 4.68 Å². The molecule has 0 bridgehead atoms. The van der Waals surface area contributed by atoms with Gasteiger partial charge in [0.2, 0.25) is 0 Å². The van der Waals surface area contributed by atoms with Crippen molar-refractivity contribution in [2.45, 2.75) is 25.7 Å². The van der Waals surface area contributed by atoms with Gasteiger partial charge in [-0.15, -0.1) is 0 Å². The Balaban J connectivity index is 2.83. The maximum absolute atomic E-state index is 12.4. The van der Waals surface area contributed by atoms with Crippen LogP contribution in [0, 0.1) is 0 Å². The van der Waals surface area contributed by atoms with Crippen molar-refractivity contribution in [1.82, 2.24) is 15.1 Å². The summed E-state index contributed by atoms with van der Waals surface area (Å²) >= 11 is 0. The molecule has 14 heavy (non-hydrogen) atoms. The fraction of sp³-hybridized carbons (Fsp3) is 0.625. The third-order valence-electron chi connectivity index (χ3n) is 1.95. The van der Waals surface area contributed by atoms with E-state index in [1.807, 2.05) is 0 Å². The SMILES string of the molecule is CNC(C)Cn1nccc1C(F)(F)F. The average molecular weight is 207 g/mol. The maximum atomic E-state index is 12.4. The van der Waals surface area contributed by atoms with Crippen molar-refractivity contribution in [3.63, 3.8) is 0 Å². The molecule has 1 atom stereocenters. The van der Waals surface area contributed by atoms with Gasteiger partial charge in [-0.05, 0) is 20.0 Å². The van der Waals surface area contributed by atoms with Gasteiger partial charge in [0, 0.05) is 12.2 Å². The molecule has 0 saturated heterocycles. The first-order valence-corrected chi connectivity index (χ1v) is 4.21. The fourth-order valence-electron chi connectivity index (χ4n) is 1.07. The van der Waals surface area contributed by atoms with Crippen molar-refractivity contribution < 1.29 is 13.2 Å². The van der Waals surface area contributed by atoms with Crippen LogP contribution in [-0.2, 0) is 12.7 Å². The second kappa shape index (κ2) is 4.00. The molecule has 0 radical (unpaired) electrons. The Morgan fingerprint density at radius 2 is 2.21 bits per heavy atom. The van der Waals surface area contributed by atoms with Gasteiger partial charge in [0.1, 0.15) is 5.69 Å². The first kappa shape index (κ1) is 11.0. The second-order valence-electron chi connectivity index (χ2n) is 3.09. The topological polar surface area (TPSA) is 29.9 Å². The van der Waals surface area contributed by atoms with Crippen LogP contribution in [0.25, 0.3) is 0 Å². The standard InChI is InChI=1S/C8H12F3N3/c1-6(12-2)5-14-7(3-4-13-14)8(9,10)11/h3-4,6,12H,5H2,1-2H3. The van der Waals surface area contributed by atoms with Gasteiger partial charge in [-0.25, -0.2) is 0 Å². The van der Waals surface area contributed by atoms with Crippen molar-refractivity contribution in [3.05, 3.63) is 18.0 Å². The van der Waals surface area contributed by atoms with Crippen molar-refractivity contribution >= 4 is 0 Å². The average Bonchev–Trinajstić information content (AvgIpc) is 2.51. The minimum Gasteiger partial charge on any atom is -0.315 e. The van der Waals surface area contributed by atoms with E-state index < -0.39 is 11.9 Å². The second-order valence-corrected chi connectivity index (χ2v) is 3.09. The van der Waals surface area contributed by atoms with Gasteiger partial charge >= 0.3 is 6.18 Å². The molecule has 0 aliphatic rings. The smallest absolute Gasteiger partial charge is 0.315 e. The molecule has 0 aromatic carbocycles. The van der Waals surface area contributed by atoms with Gasteiger partial charge in [0.05, 0.1) is 6.54 Å². The molecule has 1 unspecified atom stereocenters. The van der Waals surface area contributed by atoms with Gasteiger partial charge < -0.3 is 5.32 Å². The first-order chi connectivity index (χ1) is 6.45. The predicted molar refractivity (Wildman–Crippen MR) is 45.8 cm³/mol. The van der Waals surface area contributed by atoms with Crippen LogP contribution >= 0.6 is 0 Å². The molecule has 1 aromatic heterocycles. The van der Waals surface area contributed by atoms with Crippen LogP contribution in [0.5, 0.6) is 0 Å². The van der Waals surface area contributed by atoms with E-state index in [2.05, 4.69) is 10.4 Å². The normalized spacial score (nSPS) is 14.4. The number of hydrogen-bond donors (Lipinski definition) is 1. The number of rotatable bonds is 3. The van der Waals surface area contributed by atoms with E-state index in [0.29, 0.717) is 0 Å². The van der Waals surface area contributed by atoms with E-state index in [0.717, 1.165) is 16.9 Å². The minimum absolute atomic E-state index is 0.0454. The van der Waals surface area contributed by atoms with Gasteiger partial charge in [-0.2, -0.15) is 18.3 Å². The van der Waals surface area contributed by atoms with Crippen molar-refractivity contribution in [3.8, 4) is 0 Å². The maximum Gasteiger partial charge on any atom is 0.433 e. The summed E-state index contributed by atoms with van der Waals surface area (Å²) in [6.07, 6.45) is -3.17. The summed E-state index contributed by atoms with van der Waals surface area (Å²) in [5.41, 5.74) is -0.709. The van der Waals surface area contributed by atoms with Crippen LogP contribution in [0.4, 0.5) is 13.2 Å². The predicted octanol–water partition coefficient (Wildman–Crippen LogP) is 1.51.